The summed E-state index contributed by atoms with van der Waals surface area (Å²) in [5, 5.41) is 2.44. The molecule has 0 aliphatic carbocycles. The lowest BCUT2D eigenvalue weighted by atomic mass is 9.81. The molecule has 5 nitrogen and oxygen atoms in total. The fourth-order valence-corrected chi connectivity index (χ4v) is 1.32. The maximum atomic E-state index is 11.0. The second-order valence-corrected chi connectivity index (χ2v) is 4.34. The lowest BCUT2D eigenvalue weighted by molar-refractivity contribution is -0.188. The zero-order chi connectivity index (χ0) is 10.9. The van der Waals surface area contributed by atoms with Crippen molar-refractivity contribution in [2.24, 2.45) is 5.41 Å². The molecule has 0 aromatic rings. The fraction of sp³-hybridized carbons (Fsp3) is 0.778. The van der Waals surface area contributed by atoms with Crippen molar-refractivity contribution in [1.82, 2.24) is 5.32 Å². The van der Waals surface area contributed by atoms with Gasteiger partial charge in [0.25, 0.3) is 0 Å². The Hall–Kier alpha value is -1.26. The largest absolute Gasteiger partial charge is 0.457 e. The van der Waals surface area contributed by atoms with Gasteiger partial charge in [0.05, 0.1) is 7.11 Å². The highest BCUT2D eigenvalue weighted by Gasteiger charge is 2.49. The molecule has 80 valence electrons. The molecule has 1 saturated heterocycles. The zero-order valence-electron chi connectivity index (χ0n) is 8.79. The van der Waals surface area contributed by atoms with E-state index in [1.165, 1.54) is 7.11 Å². The zero-order valence-corrected chi connectivity index (χ0v) is 8.79. The van der Waals surface area contributed by atoms with E-state index in [9.17, 15) is 9.59 Å². The van der Waals surface area contributed by atoms with Gasteiger partial charge in [0, 0.05) is 5.41 Å². The van der Waals surface area contributed by atoms with E-state index in [2.05, 4.69) is 10.1 Å². The van der Waals surface area contributed by atoms with E-state index in [0.717, 1.165) is 0 Å². The number of hydrogen-bond donors (Lipinski definition) is 1. The minimum atomic E-state index is -0.610. The van der Waals surface area contributed by atoms with Crippen LogP contribution in [0.4, 0.5) is 4.79 Å². The van der Waals surface area contributed by atoms with Crippen molar-refractivity contribution in [1.29, 1.82) is 0 Å². The number of amides is 1. The highest BCUT2D eigenvalue weighted by molar-refractivity contribution is 5.86. The lowest BCUT2D eigenvalue weighted by Crippen LogP contribution is -2.64. The third kappa shape index (κ3) is 1.97. The molecule has 1 N–H and O–H groups in total. The number of nitrogens with one attached hydrogen (secondary N) is 1. The molecule has 0 radical (unpaired) electrons. The normalized spacial score (nSPS) is 26.1. The van der Waals surface area contributed by atoms with Crippen LogP contribution in [-0.4, -0.2) is 31.3 Å². The Kier molecular flexibility index (Phi) is 2.69. The summed E-state index contributed by atoms with van der Waals surface area (Å²) in [5.41, 5.74) is -0.181. The third-order valence-electron chi connectivity index (χ3n) is 2.11. The van der Waals surface area contributed by atoms with Crippen LogP contribution < -0.4 is 5.32 Å². The monoisotopic (exact) mass is 201 g/mol. The maximum Gasteiger partial charge on any atom is 0.407 e. The van der Waals surface area contributed by atoms with Crippen LogP contribution >= 0.6 is 0 Å². The van der Waals surface area contributed by atoms with Crippen molar-refractivity contribution in [3.05, 3.63) is 0 Å². The van der Waals surface area contributed by atoms with Gasteiger partial charge in [-0.25, -0.2) is 9.59 Å². The van der Waals surface area contributed by atoms with E-state index in [0.29, 0.717) is 0 Å². The molecule has 14 heavy (non-hydrogen) atoms. The molecule has 1 aliphatic heterocycles. The van der Waals surface area contributed by atoms with Crippen LogP contribution in [0.25, 0.3) is 0 Å². The van der Waals surface area contributed by atoms with Gasteiger partial charge >= 0.3 is 12.1 Å². The maximum absolute atomic E-state index is 11.0. The van der Waals surface area contributed by atoms with Crippen molar-refractivity contribution in [3.8, 4) is 0 Å². The number of alkyl carbamates (subject to hydrolysis) is 1. The molecule has 0 aromatic heterocycles. The minimum Gasteiger partial charge on any atom is -0.457 e. The average molecular weight is 201 g/mol. The molecule has 0 unspecified atom stereocenters. The Bertz CT molecular complexity index is 256. The molecule has 5 heteroatoms. The van der Waals surface area contributed by atoms with Gasteiger partial charge < -0.3 is 14.8 Å². The Morgan fingerprint density at radius 3 is 2.43 bits per heavy atom. The van der Waals surface area contributed by atoms with Crippen molar-refractivity contribution in [2.75, 3.05) is 7.11 Å². The Morgan fingerprint density at radius 2 is 2.07 bits per heavy atom. The van der Waals surface area contributed by atoms with E-state index >= 15 is 0 Å². The second kappa shape index (κ2) is 3.48. The van der Waals surface area contributed by atoms with Crippen LogP contribution in [0.5, 0.6) is 0 Å². The van der Waals surface area contributed by atoms with E-state index in [1.807, 2.05) is 20.8 Å². The lowest BCUT2D eigenvalue weighted by Gasteiger charge is -2.42. The summed E-state index contributed by atoms with van der Waals surface area (Å²) >= 11 is 0. The van der Waals surface area contributed by atoms with Crippen LogP contribution in [0.15, 0.2) is 0 Å². The first-order valence-corrected chi connectivity index (χ1v) is 4.41. The van der Waals surface area contributed by atoms with E-state index in [-0.39, 0.29) is 11.5 Å². The fourth-order valence-electron chi connectivity index (χ4n) is 1.32. The van der Waals surface area contributed by atoms with Gasteiger partial charge in [0.15, 0.2) is 6.04 Å². The van der Waals surface area contributed by atoms with Crippen LogP contribution in [0, 0.1) is 5.41 Å². The van der Waals surface area contributed by atoms with E-state index in [4.69, 9.17) is 4.74 Å². The molecular weight excluding hydrogens is 186 g/mol. The van der Waals surface area contributed by atoms with Gasteiger partial charge in [-0.1, -0.05) is 20.8 Å². The summed E-state index contributed by atoms with van der Waals surface area (Å²) in [7, 11) is 1.26. The number of ether oxygens (including phenoxy) is 2. The predicted octanol–water partition coefficient (Wildman–Crippen LogP) is 0.682. The smallest absolute Gasteiger partial charge is 0.407 e. The highest BCUT2D eigenvalue weighted by atomic mass is 16.6. The third-order valence-corrected chi connectivity index (χ3v) is 2.11. The quantitative estimate of drug-likeness (QED) is 0.634. The van der Waals surface area contributed by atoms with E-state index in [1.54, 1.807) is 0 Å². The van der Waals surface area contributed by atoms with Gasteiger partial charge in [0.2, 0.25) is 0 Å². The summed E-state index contributed by atoms with van der Waals surface area (Å²) in [6.45, 7) is 5.82. The molecule has 1 amide bonds. The van der Waals surface area contributed by atoms with Gasteiger partial charge in [-0.3, -0.25) is 0 Å². The second-order valence-electron chi connectivity index (χ2n) is 4.34. The first-order valence-electron chi connectivity index (χ1n) is 4.41. The molecule has 0 bridgehead atoms. The van der Waals surface area contributed by atoms with Crippen LogP contribution in [0.2, 0.25) is 0 Å². The molecule has 1 heterocycles. The molecule has 0 saturated carbocycles. The van der Waals surface area contributed by atoms with Crippen molar-refractivity contribution < 1.29 is 19.1 Å². The number of carbonyl (C=O) groups excluding carboxylic acids is 2. The number of rotatable bonds is 1. The van der Waals surface area contributed by atoms with Gasteiger partial charge in [-0.15, -0.1) is 0 Å². The highest BCUT2D eigenvalue weighted by Crippen LogP contribution is 2.32. The average Bonchev–Trinajstić information content (AvgIpc) is 2.07. The Labute approximate surface area is 82.8 Å². The number of carbonyl (C=O) groups is 2. The molecule has 0 aromatic carbocycles. The van der Waals surface area contributed by atoms with Crippen LogP contribution in [0.1, 0.15) is 20.8 Å². The summed E-state index contributed by atoms with van der Waals surface area (Å²) in [4.78, 5) is 21.9. The van der Waals surface area contributed by atoms with Crippen molar-refractivity contribution in [3.63, 3.8) is 0 Å². The first kappa shape index (κ1) is 10.8. The van der Waals surface area contributed by atoms with Gasteiger partial charge in [-0.2, -0.15) is 0 Å². The number of esters is 1. The SMILES string of the molecule is COC(=O)N[C@H]1C(=O)O[C@H]1C(C)(C)C. The summed E-state index contributed by atoms with van der Waals surface area (Å²) in [6.07, 6.45) is -0.894. The minimum absolute atomic E-state index is 0.181. The molecule has 1 aliphatic rings. The Morgan fingerprint density at radius 1 is 1.50 bits per heavy atom. The Balaban J connectivity index is 2.58. The molecule has 1 rings (SSSR count). The summed E-state index contributed by atoms with van der Waals surface area (Å²) in [6, 6.07) is -0.581. The topological polar surface area (TPSA) is 64.6 Å². The summed E-state index contributed by atoms with van der Waals surface area (Å²) in [5.74, 6) is -0.407. The summed E-state index contributed by atoms with van der Waals surface area (Å²) < 4.78 is 9.36. The number of methoxy groups -OCH3 is 1. The number of hydrogen-bond acceptors (Lipinski definition) is 4. The predicted molar refractivity (Wildman–Crippen MR) is 48.7 cm³/mol. The standard InChI is InChI=1S/C9H15NO4/c1-9(2,3)6-5(7(11)14-6)10-8(12)13-4/h5-6H,1-4H3,(H,10,12)/t5-,6-/m1/s1. The van der Waals surface area contributed by atoms with Crippen molar-refractivity contribution in [2.45, 2.75) is 32.9 Å². The van der Waals surface area contributed by atoms with Crippen LogP contribution in [-0.2, 0) is 14.3 Å². The van der Waals surface area contributed by atoms with Crippen molar-refractivity contribution >= 4 is 12.1 Å². The van der Waals surface area contributed by atoms with Crippen LogP contribution in [0.3, 0.4) is 0 Å². The molecule has 2 atom stereocenters. The molecule has 1 fully saturated rings. The number of cyclic esters (lactones) is 1. The molecule has 0 spiro atoms. The van der Waals surface area contributed by atoms with Gasteiger partial charge in [0.1, 0.15) is 6.10 Å². The van der Waals surface area contributed by atoms with E-state index < -0.39 is 18.1 Å². The molecular formula is C9H15NO4. The van der Waals surface area contributed by atoms with Gasteiger partial charge in [-0.05, 0) is 0 Å². The first-order chi connectivity index (χ1) is 6.36.